The highest BCUT2D eigenvalue weighted by Gasteiger charge is 2.67. The van der Waals surface area contributed by atoms with Gasteiger partial charge >= 0.3 is 5.97 Å². The number of benzene rings is 1. The first-order chi connectivity index (χ1) is 12.1. The molecule has 1 aromatic rings. The zero-order chi connectivity index (χ0) is 17.6. The van der Waals surface area contributed by atoms with Crippen LogP contribution in [0.2, 0.25) is 0 Å². The average Bonchev–Trinajstić information content (AvgIpc) is 3.23. The smallest absolute Gasteiger partial charge is 0.312 e. The Labute approximate surface area is 147 Å². The summed E-state index contributed by atoms with van der Waals surface area (Å²) in [5, 5.41) is 0. The van der Waals surface area contributed by atoms with Gasteiger partial charge in [-0.1, -0.05) is 37.6 Å². The summed E-state index contributed by atoms with van der Waals surface area (Å²) in [6.07, 6.45) is 5.33. The fourth-order valence-electron chi connectivity index (χ4n) is 4.20. The van der Waals surface area contributed by atoms with Gasteiger partial charge in [0.05, 0.1) is 25.2 Å². The van der Waals surface area contributed by atoms with E-state index in [1.165, 1.54) is 0 Å². The van der Waals surface area contributed by atoms with Crippen LogP contribution in [0.3, 0.4) is 0 Å². The maximum absolute atomic E-state index is 13.1. The molecule has 0 N–H and O–H groups in total. The molecule has 2 saturated heterocycles. The number of anilines is 1. The van der Waals surface area contributed by atoms with E-state index in [2.05, 4.69) is 0 Å². The normalized spacial score (nSPS) is 32.3. The maximum Gasteiger partial charge on any atom is 0.312 e. The van der Waals surface area contributed by atoms with Crippen LogP contribution in [0.15, 0.2) is 36.4 Å². The lowest BCUT2D eigenvalue weighted by Gasteiger charge is -2.22. The van der Waals surface area contributed by atoms with Gasteiger partial charge in [0, 0.05) is 5.69 Å². The summed E-state index contributed by atoms with van der Waals surface area (Å²) >= 11 is 0. The van der Waals surface area contributed by atoms with Gasteiger partial charge in [0.2, 0.25) is 5.91 Å². The molecule has 5 nitrogen and oxygen atoms in total. The number of nitrogens with zero attached hydrogens (tertiary/aromatic N) is 1. The number of hydrogen-bond acceptors (Lipinski definition) is 4. The maximum atomic E-state index is 13.1. The molecule has 0 aromatic heterocycles. The van der Waals surface area contributed by atoms with Crippen molar-refractivity contribution in [2.75, 3.05) is 18.1 Å². The molecule has 0 radical (unpaired) electrons. The number of fused-ring (bicyclic) bond motifs is 1. The SMILES string of the molecule is CCCCOC(=O)[C@H]1[C@H]2C=C[C@@]3(CN(c4cccc(C)c4)C(=O)[C@@H]13)O2. The average molecular weight is 341 g/mol. The quantitative estimate of drug-likeness (QED) is 0.469. The number of aryl methyl sites for hydroxylation is 1. The van der Waals surface area contributed by atoms with Crippen LogP contribution >= 0.6 is 0 Å². The Morgan fingerprint density at radius 2 is 2.28 bits per heavy atom. The molecular weight excluding hydrogens is 318 g/mol. The van der Waals surface area contributed by atoms with Crippen LogP contribution in [0.25, 0.3) is 0 Å². The van der Waals surface area contributed by atoms with Crippen molar-refractivity contribution in [2.24, 2.45) is 11.8 Å². The number of rotatable bonds is 5. The first kappa shape index (κ1) is 16.3. The third-order valence-electron chi connectivity index (χ3n) is 5.43. The summed E-state index contributed by atoms with van der Waals surface area (Å²) in [4.78, 5) is 27.5. The Balaban J connectivity index is 1.60. The molecule has 25 heavy (non-hydrogen) atoms. The van der Waals surface area contributed by atoms with Crippen molar-refractivity contribution in [3.8, 4) is 0 Å². The number of hydrogen-bond donors (Lipinski definition) is 0. The lowest BCUT2D eigenvalue weighted by atomic mass is 9.77. The molecule has 0 unspecified atom stereocenters. The molecule has 4 rings (SSSR count). The van der Waals surface area contributed by atoms with Crippen molar-refractivity contribution in [1.82, 2.24) is 0 Å². The number of esters is 1. The lowest BCUT2D eigenvalue weighted by Crippen LogP contribution is -2.40. The van der Waals surface area contributed by atoms with Gasteiger partial charge in [-0.3, -0.25) is 9.59 Å². The van der Waals surface area contributed by atoms with Crippen molar-refractivity contribution in [2.45, 2.75) is 38.4 Å². The minimum Gasteiger partial charge on any atom is -0.465 e. The van der Waals surface area contributed by atoms with E-state index in [9.17, 15) is 9.59 Å². The zero-order valence-electron chi connectivity index (χ0n) is 14.6. The van der Waals surface area contributed by atoms with Gasteiger partial charge in [-0.15, -0.1) is 0 Å². The van der Waals surface area contributed by atoms with Crippen molar-refractivity contribution in [1.29, 1.82) is 0 Å². The van der Waals surface area contributed by atoms with E-state index in [0.717, 1.165) is 24.1 Å². The van der Waals surface area contributed by atoms with Crippen LogP contribution in [-0.2, 0) is 19.1 Å². The molecule has 2 bridgehead atoms. The van der Waals surface area contributed by atoms with Crippen molar-refractivity contribution >= 4 is 17.6 Å². The topological polar surface area (TPSA) is 55.8 Å². The highest BCUT2D eigenvalue weighted by molar-refractivity contribution is 6.02. The van der Waals surface area contributed by atoms with Gasteiger partial charge in [0.15, 0.2) is 0 Å². The Morgan fingerprint density at radius 3 is 3.04 bits per heavy atom. The van der Waals surface area contributed by atoms with Gasteiger partial charge in [-0.2, -0.15) is 0 Å². The second kappa shape index (κ2) is 5.99. The third-order valence-corrected chi connectivity index (χ3v) is 5.43. The highest BCUT2D eigenvalue weighted by Crippen LogP contribution is 2.52. The number of carbonyl (C=O) groups excluding carboxylic acids is 2. The third kappa shape index (κ3) is 2.49. The van der Waals surface area contributed by atoms with E-state index in [1.807, 2.05) is 50.3 Å². The molecule has 2 fully saturated rings. The van der Waals surface area contributed by atoms with Gasteiger partial charge in [0.1, 0.15) is 11.5 Å². The molecule has 0 aliphatic carbocycles. The molecule has 3 aliphatic rings. The number of unbranched alkanes of at least 4 members (excludes halogenated alkanes) is 1. The fraction of sp³-hybridized carbons (Fsp3) is 0.500. The monoisotopic (exact) mass is 341 g/mol. The van der Waals surface area contributed by atoms with Gasteiger partial charge in [0.25, 0.3) is 0 Å². The lowest BCUT2D eigenvalue weighted by molar-refractivity contribution is -0.152. The molecule has 1 amide bonds. The summed E-state index contributed by atoms with van der Waals surface area (Å²) < 4.78 is 11.5. The minimum atomic E-state index is -0.695. The largest absolute Gasteiger partial charge is 0.465 e. The van der Waals surface area contributed by atoms with Gasteiger partial charge < -0.3 is 14.4 Å². The van der Waals surface area contributed by atoms with Crippen LogP contribution < -0.4 is 4.90 Å². The highest BCUT2D eigenvalue weighted by atomic mass is 16.6. The molecule has 0 saturated carbocycles. The van der Waals surface area contributed by atoms with E-state index < -0.39 is 17.4 Å². The standard InChI is InChI=1S/C20H23NO4/c1-3-4-10-24-19(23)16-15-8-9-20(25-15)12-21(18(22)17(16)20)14-7-5-6-13(2)11-14/h5-9,11,15-17H,3-4,10,12H2,1-2H3/t15-,16+,17-,20+/m1/s1. The van der Waals surface area contributed by atoms with Crippen molar-refractivity contribution in [3.05, 3.63) is 42.0 Å². The molecular formula is C20H23NO4. The number of ether oxygens (including phenoxy) is 2. The summed E-state index contributed by atoms with van der Waals surface area (Å²) in [5.41, 5.74) is 1.25. The van der Waals surface area contributed by atoms with E-state index in [1.54, 1.807) is 4.90 Å². The Bertz CT molecular complexity index is 743. The second-order valence-corrected chi connectivity index (χ2v) is 7.18. The summed E-state index contributed by atoms with van der Waals surface area (Å²) in [6.45, 7) is 4.90. The molecule has 1 spiro atoms. The van der Waals surface area contributed by atoms with Crippen LogP contribution in [0.4, 0.5) is 5.69 Å². The Kier molecular flexibility index (Phi) is 3.91. The molecule has 3 aliphatic heterocycles. The predicted molar refractivity (Wildman–Crippen MR) is 93.1 cm³/mol. The number of carbonyl (C=O) groups is 2. The zero-order valence-corrected chi connectivity index (χ0v) is 14.6. The Hall–Kier alpha value is -2.14. The van der Waals surface area contributed by atoms with Crippen LogP contribution in [0.1, 0.15) is 25.3 Å². The van der Waals surface area contributed by atoms with E-state index in [4.69, 9.17) is 9.47 Å². The minimum absolute atomic E-state index is 0.0464. The Morgan fingerprint density at radius 1 is 1.44 bits per heavy atom. The predicted octanol–water partition coefficient (Wildman–Crippen LogP) is 2.62. The molecule has 3 heterocycles. The van der Waals surface area contributed by atoms with E-state index in [0.29, 0.717) is 13.2 Å². The van der Waals surface area contributed by atoms with Gasteiger partial charge in [-0.25, -0.2) is 0 Å². The van der Waals surface area contributed by atoms with E-state index in [-0.39, 0.29) is 18.0 Å². The van der Waals surface area contributed by atoms with Crippen molar-refractivity contribution in [3.63, 3.8) is 0 Å². The fourth-order valence-corrected chi connectivity index (χ4v) is 4.20. The van der Waals surface area contributed by atoms with Crippen LogP contribution in [-0.4, -0.2) is 36.7 Å². The molecule has 1 aromatic carbocycles. The first-order valence-electron chi connectivity index (χ1n) is 8.97. The molecule has 132 valence electrons. The number of amides is 1. The van der Waals surface area contributed by atoms with Crippen molar-refractivity contribution < 1.29 is 19.1 Å². The summed E-state index contributed by atoms with van der Waals surface area (Å²) in [6, 6.07) is 7.85. The summed E-state index contributed by atoms with van der Waals surface area (Å²) in [7, 11) is 0. The van der Waals surface area contributed by atoms with E-state index >= 15 is 0 Å². The van der Waals surface area contributed by atoms with Gasteiger partial charge in [-0.05, 0) is 31.0 Å². The second-order valence-electron chi connectivity index (χ2n) is 7.18. The summed E-state index contributed by atoms with van der Waals surface area (Å²) in [5.74, 6) is -1.38. The first-order valence-corrected chi connectivity index (χ1v) is 8.97. The van der Waals surface area contributed by atoms with Crippen LogP contribution in [0.5, 0.6) is 0 Å². The molecule has 5 heteroatoms. The van der Waals surface area contributed by atoms with Crippen LogP contribution in [0, 0.1) is 18.8 Å². The molecule has 4 atom stereocenters.